The minimum absolute atomic E-state index is 0.00172. The van der Waals surface area contributed by atoms with Gasteiger partial charge in [-0.2, -0.15) is 0 Å². The van der Waals surface area contributed by atoms with E-state index in [0.717, 1.165) is 12.2 Å². The maximum absolute atomic E-state index is 10.9. The Hall–Kier alpha value is -1.98. The number of carboxylic acids is 2. The van der Waals surface area contributed by atoms with Crippen LogP contribution in [0.1, 0.15) is 13.3 Å². The second-order valence-corrected chi connectivity index (χ2v) is 5.14. The van der Waals surface area contributed by atoms with E-state index in [9.17, 15) is 24.9 Å². The molecule has 1 aliphatic rings. The highest BCUT2D eigenvalue weighted by atomic mass is 16.7. The molecule has 1 saturated heterocycles. The second kappa shape index (κ2) is 8.76. The topological polar surface area (TPSA) is 174 Å². The van der Waals surface area contributed by atoms with Crippen LogP contribution in [-0.4, -0.2) is 79.9 Å². The van der Waals surface area contributed by atoms with Gasteiger partial charge in [0.15, 0.2) is 0 Å². The summed E-state index contributed by atoms with van der Waals surface area (Å²) >= 11 is 0. The number of ether oxygens (including phenoxy) is 2. The van der Waals surface area contributed by atoms with Crippen molar-refractivity contribution >= 4 is 11.9 Å². The van der Waals surface area contributed by atoms with Gasteiger partial charge in [0.05, 0.1) is 13.0 Å². The Kier molecular flexibility index (Phi) is 7.32. The van der Waals surface area contributed by atoms with E-state index in [-0.39, 0.29) is 11.3 Å². The molecule has 0 radical (unpaired) electrons. The Balaban J connectivity index is 2.99. The summed E-state index contributed by atoms with van der Waals surface area (Å²) in [6.07, 6.45) is -6.33. The van der Waals surface area contributed by atoms with Crippen molar-refractivity contribution in [1.82, 2.24) is 0 Å². The van der Waals surface area contributed by atoms with Gasteiger partial charge in [-0.15, -0.1) is 0 Å². The summed E-state index contributed by atoms with van der Waals surface area (Å²) in [5.41, 5.74) is 0.00172. The molecule has 5 atom stereocenters. The molecular weight excluding hydrogens is 328 g/mol. The molecule has 0 aromatic rings. The molecule has 10 heteroatoms. The van der Waals surface area contributed by atoms with Crippen molar-refractivity contribution in [2.75, 3.05) is 6.61 Å². The van der Waals surface area contributed by atoms with Crippen molar-refractivity contribution in [2.45, 2.75) is 44.1 Å². The van der Waals surface area contributed by atoms with E-state index in [1.54, 1.807) is 0 Å². The number of carboxylic acid groups (broad SMARTS) is 2. The molecule has 0 aliphatic carbocycles. The third kappa shape index (κ3) is 5.28. The standard InChI is InChI=1S/C14H20O10/c1-6(7(4-10(18)19)2-3-9(16)17)23-14-13(22)12(21)11(20)8(5-15)24-14/h2-3,8,11-15,20-22H,4-5H2,1H3,(H,16,17)(H,18,19). The second-order valence-electron chi connectivity index (χ2n) is 5.14. The fourth-order valence-electron chi connectivity index (χ4n) is 2.05. The molecule has 1 fully saturated rings. The van der Waals surface area contributed by atoms with Crippen LogP contribution in [0.5, 0.6) is 0 Å². The van der Waals surface area contributed by atoms with Crippen molar-refractivity contribution in [1.29, 1.82) is 0 Å². The zero-order valence-corrected chi connectivity index (χ0v) is 12.8. The Labute approximate surface area is 136 Å². The average Bonchev–Trinajstić information content (AvgIpc) is 2.51. The first-order chi connectivity index (χ1) is 11.2. The van der Waals surface area contributed by atoms with Crippen molar-refractivity contribution in [2.24, 2.45) is 0 Å². The number of hydrogen-bond donors (Lipinski definition) is 6. The molecule has 136 valence electrons. The zero-order chi connectivity index (χ0) is 18.4. The van der Waals surface area contributed by atoms with E-state index in [1.807, 2.05) is 0 Å². The van der Waals surface area contributed by atoms with Crippen molar-refractivity contribution in [3.8, 4) is 0 Å². The summed E-state index contributed by atoms with van der Waals surface area (Å²) in [6.45, 7) is 0.681. The first-order valence-electron chi connectivity index (χ1n) is 6.97. The third-order valence-electron chi connectivity index (χ3n) is 3.36. The summed E-state index contributed by atoms with van der Waals surface area (Å²) in [7, 11) is 0. The highest BCUT2D eigenvalue weighted by Gasteiger charge is 2.44. The molecule has 1 heterocycles. The third-order valence-corrected chi connectivity index (χ3v) is 3.36. The summed E-state index contributed by atoms with van der Waals surface area (Å²) < 4.78 is 10.4. The Morgan fingerprint density at radius 3 is 2.21 bits per heavy atom. The quantitative estimate of drug-likeness (QED) is 0.175. The molecule has 6 N–H and O–H groups in total. The van der Waals surface area contributed by atoms with Crippen molar-refractivity contribution in [3.63, 3.8) is 0 Å². The minimum Gasteiger partial charge on any atom is -0.481 e. The molecule has 10 nitrogen and oxygen atoms in total. The first kappa shape index (κ1) is 20.1. The van der Waals surface area contributed by atoms with Gasteiger partial charge in [-0.3, -0.25) is 4.79 Å². The lowest BCUT2D eigenvalue weighted by Gasteiger charge is -2.39. The smallest absolute Gasteiger partial charge is 0.328 e. The molecule has 5 unspecified atom stereocenters. The van der Waals surface area contributed by atoms with Gasteiger partial charge in [0, 0.05) is 11.6 Å². The number of aliphatic hydroxyl groups excluding tert-OH is 4. The molecule has 0 aromatic heterocycles. The van der Waals surface area contributed by atoms with Crippen molar-refractivity contribution in [3.05, 3.63) is 23.5 Å². The van der Waals surface area contributed by atoms with E-state index < -0.39 is 55.7 Å². The van der Waals surface area contributed by atoms with E-state index in [0.29, 0.717) is 0 Å². The van der Waals surface area contributed by atoms with Gasteiger partial charge in [-0.25, -0.2) is 4.79 Å². The lowest BCUT2D eigenvalue weighted by molar-refractivity contribution is -0.291. The number of aliphatic carboxylic acids is 2. The fraction of sp³-hybridized carbons (Fsp3) is 0.571. The fourth-order valence-corrected chi connectivity index (χ4v) is 2.05. The van der Waals surface area contributed by atoms with Gasteiger partial charge in [0.2, 0.25) is 6.29 Å². The SMILES string of the molecule is CC(OC1OC(CO)C(O)C(O)C1O)=C(C=CC(=O)O)CC(=O)O. The Morgan fingerprint density at radius 2 is 1.71 bits per heavy atom. The van der Waals surface area contributed by atoms with Crippen LogP contribution in [-0.2, 0) is 19.1 Å². The van der Waals surface area contributed by atoms with Gasteiger partial charge >= 0.3 is 11.9 Å². The zero-order valence-electron chi connectivity index (χ0n) is 12.8. The van der Waals surface area contributed by atoms with E-state index >= 15 is 0 Å². The predicted molar refractivity (Wildman–Crippen MR) is 76.6 cm³/mol. The van der Waals surface area contributed by atoms with Gasteiger partial charge in [0.1, 0.15) is 30.2 Å². The molecule has 1 rings (SSSR count). The van der Waals surface area contributed by atoms with Gasteiger partial charge in [-0.05, 0) is 13.0 Å². The van der Waals surface area contributed by atoms with Crippen LogP contribution >= 0.6 is 0 Å². The van der Waals surface area contributed by atoms with Crippen LogP contribution in [0.25, 0.3) is 0 Å². The summed E-state index contributed by atoms with van der Waals surface area (Å²) in [4.78, 5) is 21.4. The highest BCUT2D eigenvalue weighted by molar-refractivity contribution is 5.81. The van der Waals surface area contributed by atoms with E-state index in [4.69, 9.17) is 24.8 Å². The maximum atomic E-state index is 10.9. The van der Waals surface area contributed by atoms with Gasteiger partial charge in [0.25, 0.3) is 0 Å². The normalized spacial score (nSPS) is 31.6. The van der Waals surface area contributed by atoms with E-state index in [1.165, 1.54) is 6.92 Å². The van der Waals surface area contributed by atoms with Crippen molar-refractivity contribution < 1.29 is 49.7 Å². The van der Waals surface area contributed by atoms with Crippen LogP contribution < -0.4 is 0 Å². The molecule has 24 heavy (non-hydrogen) atoms. The van der Waals surface area contributed by atoms with Crippen LogP contribution in [0.3, 0.4) is 0 Å². The summed E-state index contributed by atoms with van der Waals surface area (Å²) in [5, 5.41) is 55.8. The van der Waals surface area contributed by atoms with Gasteiger partial charge in [-0.1, -0.05) is 0 Å². The van der Waals surface area contributed by atoms with Crippen LogP contribution in [0.2, 0.25) is 0 Å². The molecule has 0 amide bonds. The first-order valence-corrected chi connectivity index (χ1v) is 6.97. The Morgan fingerprint density at radius 1 is 1.08 bits per heavy atom. The molecule has 0 bridgehead atoms. The van der Waals surface area contributed by atoms with Crippen LogP contribution in [0.15, 0.2) is 23.5 Å². The Bertz CT molecular complexity index is 524. The summed E-state index contributed by atoms with van der Waals surface area (Å²) in [5.74, 6) is -2.59. The van der Waals surface area contributed by atoms with E-state index in [2.05, 4.69) is 0 Å². The molecular formula is C14H20O10. The lowest BCUT2D eigenvalue weighted by Crippen LogP contribution is -2.59. The number of hydrogen-bond acceptors (Lipinski definition) is 8. The lowest BCUT2D eigenvalue weighted by atomic mass is 9.99. The summed E-state index contributed by atoms with van der Waals surface area (Å²) in [6, 6.07) is 0. The highest BCUT2D eigenvalue weighted by Crippen LogP contribution is 2.25. The number of allylic oxidation sites excluding steroid dienone is 2. The number of carbonyl (C=O) groups is 2. The average molecular weight is 348 g/mol. The number of aliphatic hydroxyl groups is 4. The number of rotatable bonds is 7. The molecule has 0 spiro atoms. The molecule has 1 aliphatic heterocycles. The van der Waals surface area contributed by atoms with Crippen LogP contribution in [0, 0.1) is 0 Å². The minimum atomic E-state index is -1.66. The van der Waals surface area contributed by atoms with Gasteiger partial charge < -0.3 is 40.1 Å². The largest absolute Gasteiger partial charge is 0.481 e. The van der Waals surface area contributed by atoms with Crippen LogP contribution in [0.4, 0.5) is 0 Å². The maximum Gasteiger partial charge on any atom is 0.328 e. The predicted octanol–water partition coefficient (Wildman–Crippen LogP) is -1.81. The molecule has 0 aromatic carbocycles. The molecule has 0 saturated carbocycles. The monoisotopic (exact) mass is 348 g/mol.